The van der Waals surface area contributed by atoms with Gasteiger partial charge in [0.15, 0.2) is 5.96 Å². The summed E-state index contributed by atoms with van der Waals surface area (Å²) in [4.78, 5) is 26.1. The van der Waals surface area contributed by atoms with Crippen molar-refractivity contribution in [2.24, 2.45) is 4.99 Å². The number of para-hydroxylation sites is 1. The molecular weight excluding hydrogens is 376 g/mol. The van der Waals surface area contributed by atoms with Crippen LogP contribution in [0.15, 0.2) is 35.3 Å². The average molecular weight is 415 g/mol. The van der Waals surface area contributed by atoms with Crippen LogP contribution in [-0.2, 0) is 4.79 Å². The Morgan fingerprint density at radius 2 is 1.67 bits per heavy atom. The van der Waals surface area contributed by atoms with Crippen LogP contribution in [0.5, 0.6) is 0 Å². The molecule has 1 aromatic rings. The number of guanidine groups is 1. The number of carbonyl (C=O) groups is 1. The molecule has 0 aromatic heterocycles. The van der Waals surface area contributed by atoms with Crippen molar-refractivity contribution in [1.82, 2.24) is 20.0 Å². The molecule has 3 rings (SSSR count). The lowest BCUT2D eigenvalue weighted by Crippen LogP contribution is -2.57. The Balaban J connectivity index is 1.46. The van der Waals surface area contributed by atoms with Gasteiger partial charge >= 0.3 is 0 Å². The summed E-state index contributed by atoms with van der Waals surface area (Å²) in [5.74, 6) is 1.24. The predicted molar refractivity (Wildman–Crippen MR) is 124 cm³/mol. The first kappa shape index (κ1) is 22.4. The van der Waals surface area contributed by atoms with Crippen LogP contribution in [-0.4, -0.2) is 98.6 Å². The smallest absolute Gasteiger partial charge is 0.239 e. The number of piperazine rings is 1. The fourth-order valence-electron chi connectivity index (χ4n) is 4.30. The summed E-state index contributed by atoms with van der Waals surface area (Å²) in [5.41, 5.74) is 1.21. The van der Waals surface area contributed by atoms with Gasteiger partial charge in [0.25, 0.3) is 0 Å². The van der Waals surface area contributed by atoms with Crippen molar-refractivity contribution < 1.29 is 4.79 Å². The minimum absolute atomic E-state index is 0.0280. The van der Waals surface area contributed by atoms with E-state index in [4.69, 9.17) is 0 Å². The lowest BCUT2D eigenvalue weighted by Gasteiger charge is -2.40. The number of hydrogen-bond acceptors (Lipinski definition) is 4. The summed E-state index contributed by atoms with van der Waals surface area (Å²) in [6.07, 6.45) is 2.29. The van der Waals surface area contributed by atoms with Crippen LogP contribution in [0.2, 0.25) is 0 Å². The maximum absolute atomic E-state index is 12.7. The molecule has 2 atom stereocenters. The molecule has 2 fully saturated rings. The third kappa shape index (κ3) is 5.45. The van der Waals surface area contributed by atoms with E-state index in [2.05, 4.69) is 70.2 Å². The average Bonchev–Trinajstić information content (AvgIpc) is 3.34. The van der Waals surface area contributed by atoms with Crippen LogP contribution >= 0.6 is 0 Å². The number of likely N-dealkylation sites (tertiary alicyclic amines) is 1. The Morgan fingerprint density at radius 1 is 1.03 bits per heavy atom. The van der Waals surface area contributed by atoms with E-state index in [1.54, 1.807) is 0 Å². The lowest BCUT2D eigenvalue weighted by atomic mass is 10.2. The Bertz CT molecular complexity index is 695. The van der Waals surface area contributed by atoms with Crippen molar-refractivity contribution in [3.05, 3.63) is 30.3 Å². The highest BCUT2D eigenvalue weighted by molar-refractivity contribution is 5.82. The molecule has 0 radical (unpaired) electrons. The number of aliphatic imine (C=N–C) groups is 1. The number of nitrogens with one attached hydrogen (secondary N) is 1. The minimum atomic E-state index is -0.0280. The molecule has 0 spiro atoms. The van der Waals surface area contributed by atoms with Crippen molar-refractivity contribution in [2.45, 2.75) is 38.8 Å². The number of carbonyl (C=O) groups excluding carboxylic acids is 1. The molecule has 2 unspecified atom stereocenters. The van der Waals surface area contributed by atoms with Crippen molar-refractivity contribution in [2.75, 3.05) is 64.8 Å². The van der Waals surface area contributed by atoms with Gasteiger partial charge < -0.3 is 20.0 Å². The Morgan fingerprint density at radius 3 is 2.27 bits per heavy atom. The standard InChI is InChI=1S/C23H38N6O/c1-19(26(4)21-10-6-5-7-11-21)18-25-23(24-3)29-16-14-27(15-17-29)20(2)22(30)28-12-8-9-13-28/h5-7,10-11,19-20H,8-9,12-18H2,1-4H3,(H,24,25). The zero-order chi connectivity index (χ0) is 21.5. The monoisotopic (exact) mass is 414 g/mol. The topological polar surface area (TPSA) is 54.4 Å². The third-order valence-corrected chi connectivity index (χ3v) is 6.53. The molecule has 7 nitrogen and oxygen atoms in total. The SMILES string of the molecule is CN=C(NCC(C)N(C)c1ccccc1)N1CCN(C(C)C(=O)N2CCCC2)CC1. The quantitative estimate of drug-likeness (QED) is 0.567. The molecular formula is C23H38N6O. The van der Waals surface area contributed by atoms with Crippen molar-refractivity contribution in [3.8, 4) is 0 Å². The summed E-state index contributed by atoms with van der Waals surface area (Å²) in [7, 11) is 3.97. The molecule has 1 aromatic carbocycles. The van der Waals surface area contributed by atoms with E-state index in [0.717, 1.165) is 64.6 Å². The first-order valence-corrected chi connectivity index (χ1v) is 11.3. The van der Waals surface area contributed by atoms with Gasteiger partial charge in [-0.3, -0.25) is 14.7 Å². The number of nitrogens with zero attached hydrogens (tertiary/aromatic N) is 5. The fraction of sp³-hybridized carbons (Fsp3) is 0.652. The van der Waals surface area contributed by atoms with Crippen molar-refractivity contribution >= 4 is 17.6 Å². The first-order chi connectivity index (χ1) is 14.5. The van der Waals surface area contributed by atoms with Gasteiger partial charge in [-0.1, -0.05) is 18.2 Å². The minimum Gasteiger partial charge on any atom is -0.370 e. The van der Waals surface area contributed by atoms with Gasteiger partial charge in [-0.15, -0.1) is 0 Å². The van der Waals surface area contributed by atoms with Crippen LogP contribution in [0, 0.1) is 0 Å². The fourth-order valence-corrected chi connectivity index (χ4v) is 4.30. The normalized spacial score (nSPS) is 20.2. The number of likely N-dealkylation sites (N-methyl/N-ethyl adjacent to an activating group) is 1. The molecule has 2 aliphatic rings. The van der Waals surface area contributed by atoms with Crippen LogP contribution in [0.4, 0.5) is 5.69 Å². The van der Waals surface area contributed by atoms with Gasteiger partial charge in [0.1, 0.15) is 0 Å². The van der Waals surface area contributed by atoms with Crippen LogP contribution in [0.25, 0.3) is 0 Å². The molecule has 7 heteroatoms. The second-order valence-corrected chi connectivity index (χ2v) is 8.45. The Kier molecular flexibility index (Phi) is 7.96. The Hall–Kier alpha value is -2.28. The zero-order valence-corrected chi connectivity index (χ0v) is 19.0. The second kappa shape index (κ2) is 10.7. The Labute approximate surface area is 181 Å². The zero-order valence-electron chi connectivity index (χ0n) is 19.0. The van der Waals surface area contributed by atoms with Gasteiger partial charge in [-0.05, 0) is 38.8 Å². The number of amides is 1. The van der Waals surface area contributed by atoms with E-state index in [0.29, 0.717) is 11.9 Å². The molecule has 2 saturated heterocycles. The van der Waals surface area contributed by atoms with Crippen LogP contribution < -0.4 is 10.2 Å². The lowest BCUT2D eigenvalue weighted by molar-refractivity contribution is -0.135. The number of anilines is 1. The predicted octanol–water partition coefficient (Wildman–Crippen LogP) is 1.72. The highest BCUT2D eigenvalue weighted by Gasteiger charge is 2.30. The second-order valence-electron chi connectivity index (χ2n) is 8.45. The summed E-state index contributed by atoms with van der Waals surface area (Å²) in [6, 6.07) is 10.8. The van der Waals surface area contributed by atoms with Crippen molar-refractivity contribution in [3.63, 3.8) is 0 Å². The van der Waals surface area contributed by atoms with Gasteiger partial charge in [0, 0.05) is 71.6 Å². The largest absolute Gasteiger partial charge is 0.370 e. The third-order valence-electron chi connectivity index (χ3n) is 6.53. The summed E-state index contributed by atoms with van der Waals surface area (Å²) in [6.45, 7) is 10.5. The highest BCUT2D eigenvalue weighted by Crippen LogP contribution is 2.15. The molecule has 166 valence electrons. The van der Waals surface area contributed by atoms with Gasteiger partial charge in [0.2, 0.25) is 5.91 Å². The number of hydrogen-bond donors (Lipinski definition) is 1. The summed E-state index contributed by atoms with van der Waals surface area (Å²) < 4.78 is 0. The number of benzene rings is 1. The molecule has 2 heterocycles. The highest BCUT2D eigenvalue weighted by atomic mass is 16.2. The maximum Gasteiger partial charge on any atom is 0.239 e. The van der Waals surface area contributed by atoms with E-state index in [9.17, 15) is 4.79 Å². The van der Waals surface area contributed by atoms with Gasteiger partial charge in [-0.25, -0.2) is 0 Å². The van der Waals surface area contributed by atoms with E-state index >= 15 is 0 Å². The summed E-state index contributed by atoms with van der Waals surface area (Å²) in [5, 5.41) is 3.54. The molecule has 1 amide bonds. The van der Waals surface area contributed by atoms with Crippen molar-refractivity contribution in [1.29, 1.82) is 0 Å². The number of rotatable bonds is 6. The van der Waals surface area contributed by atoms with Crippen LogP contribution in [0.1, 0.15) is 26.7 Å². The molecule has 1 N–H and O–H groups in total. The van der Waals surface area contributed by atoms with Gasteiger partial charge in [0.05, 0.1) is 6.04 Å². The van der Waals surface area contributed by atoms with E-state index in [-0.39, 0.29) is 6.04 Å². The first-order valence-electron chi connectivity index (χ1n) is 11.3. The molecule has 0 aliphatic carbocycles. The van der Waals surface area contributed by atoms with E-state index in [1.807, 2.05) is 18.0 Å². The molecule has 2 aliphatic heterocycles. The van der Waals surface area contributed by atoms with Crippen LogP contribution in [0.3, 0.4) is 0 Å². The molecule has 0 bridgehead atoms. The van der Waals surface area contributed by atoms with E-state index < -0.39 is 0 Å². The summed E-state index contributed by atoms with van der Waals surface area (Å²) >= 11 is 0. The van der Waals surface area contributed by atoms with E-state index in [1.165, 1.54) is 5.69 Å². The molecule has 0 saturated carbocycles. The van der Waals surface area contributed by atoms with Gasteiger partial charge in [-0.2, -0.15) is 0 Å². The molecule has 30 heavy (non-hydrogen) atoms. The maximum atomic E-state index is 12.7.